The number of piperidine rings is 1. The minimum Gasteiger partial charge on any atom is -0.300 e. The Morgan fingerprint density at radius 2 is 2.05 bits per heavy atom. The highest BCUT2D eigenvalue weighted by molar-refractivity contribution is 9.10. The van der Waals surface area contributed by atoms with Crippen LogP contribution in [0.2, 0.25) is 0 Å². The Kier molecular flexibility index (Phi) is 4.99. The summed E-state index contributed by atoms with van der Waals surface area (Å²) in [6, 6.07) is 6.60. The standard InChI is InChI=1S/C14H18BrNO3S/c1-11(17)10-12-6-4-5-9-16(12)20(18,19)14-8-3-2-7-13(14)15/h2-3,7-8,12H,4-6,9-10H2,1H3. The summed E-state index contributed by atoms with van der Waals surface area (Å²) in [5, 5.41) is 0. The van der Waals surface area contributed by atoms with Crippen molar-refractivity contribution < 1.29 is 13.2 Å². The molecule has 1 aliphatic heterocycles. The highest BCUT2D eigenvalue weighted by Crippen LogP contribution is 2.30. The van der Waals surface area contributed by atoms with Gasteiger partial charge in [-0.05, 0) is 47.8 Å². The first-order chi connectivity index (χ1) is 9.43. The van der Waals surface area contributed by atoms with E-state index in [4.69, 9.17) is 0 Å². The van der Waals surface area contributed by atoms with Gasteiger partial charge >= 0.3 is 0 Å². The maximum atomic E-state index is 12.8. The topological polar surface area (TPSA) is 54.5 Å². The number of benzene rings is 1. The first kappa shape index (κ1) is 15.7. The van der Waals surface area contributed by atoms with Crippen molar-refractivity contribution in [1.82, 2.24) is 4.31 Å². The van der Waals surface area contributed by atoms with Crippen LogP contribution < -0.4 is 0 Å². The Balaban J connectivity index is 2.36. The number of rotatable bonds is 4. The van der Waals surface area contributed by atoms with E-state index in [0.29, 0.717) is 17.4 Å². The van der Waals surface area contributed by atoms with Gasteiger partial charge in [0.05, 0.1) is 4.90 Å². The largest absolute Gasteiger partial charge is 0.300 e. The van der Waals surface area contributed by atoms with Gasteiger partial charge < -0.3 is 0 Å². The second kappa shape index (κ2) is 6.37. The summed E-state index contributed by atoms with van der Waals surface area (Å²) < 4.78 is 27.6. The Bertz CT molecular complexity index is 600. The lowest BCUT2D eigenvalue weighted by molar-refractivity contribution is -0.118. The van der Waals surface area contributed by atoms with E-state index in [1.807, 2.05) is 0 Å². The van der Waals surface area contributed by atoms with Gasteiger partial charge in [-0.15, -0.1) is 0 Å². The molecule has 1 atom stereocenters. The molecular weight excluding hydrogens is 342 g/mol. The number of carbonyl (C=O) groups is 1. The van der Waals surface area contributed by atoms with E-state index >= 15 is 0 Å². The molecule has 0 aromatic heterocycles. The zero-order valence-electron chi connectivity index (χ0n) is 11.4. The van der Waals surface area contributed by atoms with Gasteiger partial charge in [-0.2, -0.15) is 4.31 Å². The average molecular weight is 360 g/mol. The third-order valence-corrected chi connectivity index (χ3v) is 6.48. The molecule has 0 radical (unpaired) electrons. The molecule has 1 heterocycles. The van der Waals surface area contributed by atoms with E-state index in [1.165, 1.54) is 11.2 Å². The van der Waals surface area contributed by atoms with Gasteiger partial charge in [0.2, 0.25) is 10.0 Å². The highest BCUT2D eigenvalue weighted by Gasteiger charge is 2.34. The van der Waals surface area contributed by atoms with Crippen LogP contribution in [0.4, 0.5) is 0 Å². The summed E-state index contributed by atoms with van der Waals surface area (Å²) in [5.74, 6) is 0.0317. The maximum absolute atomic E-state index is 12.8. The minimum absolute atomic E-state index is 0.0317. The normalized spacial score (nSPS) is 20.8. The fourth-order valence-electron chi connectivity index (χ4n) is 2.61. The van der Waals surface area contributed by atoms with Crippen LogP contribution >= 0.6 is 15.9 Å². The number of sulfonamides is 1. The number of hydrogen-bond acceptors (Lipinski definition) is 3. The summed E-state index contributed by atoms with van der Waals surface area (Å²) in [4.78, 5) is 11.6. The highest BCUT2D eigenvalue weighted by atomic mass is 79.9. The molecule has 0 amide bonds. The summed E-state index contributed by atoms with van der Waals surface area (Å²) in [6.07, 6.45) is 2.87. The number of carbonyl (C=O) groups excluding carboxylic acids is 1. The van der Waals surface area contributed by atoms with Crippen molar-refractivity contribution in [3.05, 3.63) is 28.7 Å². The van der Waals surface area contributed by atoms with Crippen LogP contribution in [0.25, 0.3) is 0 Å². The molecule has 2 rings (SSSR count). The Labute approximate surface area is 128 Å². The Hall–Kier alpha value is -0.720. The van der Waals surface area contributed by atoms with Crippen molar-refractivity contribution in [2.24, 2.45) is 0 Å². The molecule has 0 spiro atoms. The number of hydrogen-bond donors (Lipinski definition) is 0. The van der Waals surface area contributed by atoms with Crippen LogP contribution in [0.15, 0.2) is 33.6 Å². The molecule has 1 saturated heterocycles. The lowest BCUT2D eigenvalue weighted by Crippen LogP contribution is -2.44. The summed E-state index contributed by atoms with van der Waals surface area (Å²) in [5.41, 5.74) is 0. The SMILES string of the molecule is CC(=O)CC1CCCCN1S(=O)(=O)c1ccccc1Br. The zero-order valence-corrected chi connectivity index (χ0v) is 13.8. The van der Waals surface area contributed by atoms with E-state index in [2.05, 4.69) is 15.9 Å². The van der Waals surface area contributed by atoms with Crippen LogP contribution in [0, 0.1) is 0 Å². The van der Waals surface area contributed by atoms with E-state index in [0.717, 1.165) is 19.3 Å². The molecule has 1 aromatic carbocycles. The lowest BCUT2D eigenvalue weighted by atomic mass is 10.0. The molecule has 1 fully saturated rings. The second-order valence-corrected chi connectivity index (χ2v) is 7.82. The second-order valence-electron chi connectivity index (χ2n) is 5.10. The van der Waals surface area contributed by atoms with Crippen LogP contribution in [0.3, 0.4) is 0 Å². The number of ketones is 1. The molecule has 1 aromatic rings. The van der Waals surface area contributed by atoms with Gasteiger partial charge in [-0.3, -0.25) is 4.79 Å². The fourth-order valence-corrected chi connectivity index (χ4v) is 5.26. The van der Waals surface area contributed by atoms with E-state index < -0.39 is 10.0 Å². The van der Waals surface area contributed by atoms with Gasteiger partial charge in [0.15, 0.2) is 0 Å². The summed E-state index contributed by atoms with van der Waals surface area (Å²) in [6.45, 7) is 2.00. The number of halogens is 1. The summed E-state index contributed by atoms with van der Waals surface area (Å²) >= 11 is 3.30. The molecule has 0 N–H and O–H groups in total. The molecule has 0 bridgehead atoms. The molecule has 0 saturated carbocycles. The van der Waals surface area contributed by atoms with Crippen molar-refractivity contribution in [1.29, 1.82) is 0 Å². The Morgan fingerprint density at radius 1 is 1.35 bits per heavy atom. The van der Waals surface area contributed by atoms with E-state index in [9.17, 15) is 13.2 Å². The molecule has 6 heteroatoms. The Morgan fingerprint density at radius 3 is 2.70 bits per heavy atom. The number of nitrogens with zero attached hydrogens (tertiary/aromatic N) is 1. The lowest BCUT2D eigenvalue weighted by Gasteiger charge is -2.34. The monoisotopic (exact) mass is 359 g/mol. The quantitative estimate of drug-likeness (QED) is 0.830. The van der Waals surface area contributed by atoms with Crippen molar-refractivity contribution in [3.63, 3.8) is 0 Å². The van der Waals surface area contributed by atoms with Crippen molar-refractivity contribution >= 4 is 31.7 Å². The summed E-state index contributed by atoms with van der Waals surface area (Å²) in [7, 11) is -3.55. The third-order valence-electron chi connectivity index (χ3n) is 3.52. The van der Waals surface area contributed by atoms with E-state index in [-0.39, 0.29) is 16.7 Å². The zero-order chi connectivity index (χ0) is 14.8. The predicted molar refractivity (Wildman–Crippen MR) is 81.0 cm³/mol. The van der Waals surface area contributed by atoms with Gasteiger partial charge in [0.25, 0.3) is 0 Å². The first-order valence-corrected chi connectivity index (χ1v) is 8.92. The predicted octanol–water partition coefficient (Wildman–Crippen LogP) is 2.97. The van der Waals surface area contributed by atoms with Gasteiger partial charge in [-0.25, -0.2) is 8.42 Å². The smallest absolute Gasteiger partial charge is 0.244 e. The van der Waals surface area contributed by atoms with E-state index in [1.54, 1.807) is 24.3 Å². The molecular formula is C14H18BrNO3S. The maximum Gasteiger partial charge on any atom is 0.244 e. The van der Waals surface area contributed by atoms with Crippen molar-refractivity contribution in [3.8, 4) is 0 Å². The molecule has 1 unspecified atom stereocenters. The first-order valence-electron chi connectivity index (χ1n) is 6.68. The molecule has 110 valence electrons. The van der Waals surface area contributed by atoms with Crippen LogP contribution in [-0.2, 0) is 14.8 Å². The molecule has 20 heavy (non-hydrogen) atoms. The number of Topliss-reactive ketones (excluding diaryl/α,β-unsaturated/α-hetero) is 1. The molecule has 1 aliphatic rings. The minimum atomic E-state index is -3.55. The fraction of sp³-hybridized carbons (Fsp3) is 0.500. The van der Waals surface area contributed by atoms with Crippen LogP contribution in [0.5, 0.6) is 0 Å². The van der Waals surface area contributed by atoms with Gasteiger partial charge in [-0.1, -0.05) is 18.6 Å². The van der Waals surface area contributed by atoms with Gasteiger partial charge in [0, 0.05) is 23.5 Å². The van der Waals surface area contributed by atoms with Gasteiger partial charge in [0.1, 0.15) is 5.78 Å². The molecule has 0 aliphatic carbocycles. The van der Waals surface area contributed by atoms with Crippen LogP contribution in [0.1, 0.15) is 32.6 Å². The van der Waals surface area contributed by atoms with Crippen molar-refractivity contribution in [2.75, 3.05) is 6.54 Å². The van der Waals surface area contributed by atoms with Crippen molar-refractivity contribution in [2.45, 2.75) is 43.5 Å². The third kappa shape index (κ3) is 3.30. The van der Waals surface area contributed by atoms with Crippen LogP contribution in [-0.4, -0.2) is 31.1 Å². The molecule has 4 nitrogen and oxygen atoms in total. The average Bonchev–Trinajstić information content (AvgIpc) is 2.38.